The highest BCUT2D eigenvalue weighted by molar-refractivity contribution is 6.03. The number of methoxy groups -OCH3 is 2. The van der Waals surface area contributed by atoms with E-state index in [1.165, 1.54) is 24.3 Å². The highest BCUT2D eigenvalue weighted by Crippen LogP contribution is 2.33. The minimum atomic E-state index is -0.389. The topological polar surface area (TPSA) is 65.4 Å². The number of hydrogen-bond acceptors (Lipinski definition) is 4. The molecule has 0 atom stereocenters. The zero-order valence-corrected chi connectivity index (χ0v) is 14.6. The number of halogens is 1. The average Bonchev–Trinajstić information content (AvgIpc) is 3.04. The first-order valence-electron chi connectivity index (χ1n) is 7.85. The van der Waals surface area contributed by atoms with Crippen LogP contribution in [0.2, 0.25) is 0 Å². The van der Waals surface area contributed by atoms with Crippen molar-refractivity contribution in [1.82, 2.24) is 9.78 Å². The third kappa shape index (κ3) is 3.51. The Morgan fingerprint density at radius 2 is 1.81 bits per heavy atom. The van der Waals surface area contributed by atoms with Gasteiger partial charge in [0.2, 0.25) is 0 Å². The van der Waals surface area contributed by atoms with Gasteiger partial charge in [-0.2, -0.15) is 5.10 Å². The van der Waals surface area contributed by atoms with Crippen LogP contribution in [-0.4, -0.2) is 29.9 Å². The summed E-state index contributed by atoms with van der Waals surface area (Å²) in [6, 6.07) is 12.6. The summed E-state index contributed by atoms with van der Waals surface area (Å²) >= 11 is 0. The number of hydrogen-bond donors (Lipinski definition) is 1. The number of anilines is 1. The van der Waals surface area contributed by atoms with Gasteiger partial charge in [0, 0.05) is 18.3 Å². The smallest absolute Gasteiger partial charge is 0.276 e. The molecular weight excluding hydrogens is 337 g/mol. The summed E-state index contributed by atoms with van der Waals surface area (Å²) < 4.78 is 25.2. The number of nitrogens with one attached hydrogen (secondary N) is 1. The molecule has 0 saturated heterocycles. The number of ether oxygens (including phenoxy) is 2. The minimum Gasteiger partial charge on any atom is -0.497 e. The molecule has 1 aromatic heterocycles. The highest BCUT2D eigenvalue weighted by Gasteiger charge is 2.17. The van der Waals surface area contributed by atoms with Crippen LogP contribution in [0.4, 0.5) is 10.1 Å². The van der Waals surface area contributed by atoms with Crippen molar-refractivity contribution in [3.8, 4) is 22.8 Å². The molecule has 26 heavy (non-hydrogen) atoms. The standard InChI is InChI=1S/C19H18FN3O3/c1-23-17(15-10-14(25-2)8-9-18(15)26-3)11-16(22-23)19(24)21-13-6-4-12(20)5-7-13/h4-11H,1-3H3,(H,21,24). The van der Waals surface area contributed by atoms with Gasteiger partial charge in [-0.25, -0.2) is 4.39 Å². The molecule has 0 saturated carbocycles. The van der Waals surface area contributed by atoms with E-state index in [0.717, 1.165) is 5.56 Å². The lowest BCUT2D eigenvalue weighted by atomic mass is 10.1. The van der Waals surface area contributed by atoms with E-state index in [0.29, 0.717) is 22.9 Å². The molecule has 7 heteroatoms. The van der Waals surface area contributed by atoms with Crippen LogP contribution < -0.4 is 14.8 Å². The van der Waals surface area contributed by atoms with Gasteiger partial charge in [0.15, 0.2) is 5.69 Å². The Labute approximate surface area is 150 Å². The summed E-state index contributed by atoms with van der Waals surface area (Å²) in [6.45, 7) is 0. The van der Waals surface area contributed by atoms with Crippen LogP contribution in [0.3, 0.4) is 0 Å². The van der Waals surface area contributed by atoms with E-state index in [1.807, 2.05) is 6.07 Å². The maximum absolute atomic E-state index is 13.0. The Hall–Kier alpha value is -3.35. The second-order valence-corrected chi connectivity index (χ2v) is 5.57. The van der Waals surface area contributed by atoms with Gasteiger partial charge in [0.1, 0.15) is 17.3 Å². The van der Waals surface area contributed by atoms with E-state index < -0.39 is 0 Å². The number of carbonyl (C=O) groups excluding carboxylic acids is 1. The SMILES string of the molecule is COc1ccc(OC)c(-c2cc(C(=O)Nc3ccc(F)cc3)nn2C)c1. The number of amides is 1. The number of benzene rings is 2. The predicted molar refractivity (Wildman–Crippen MR) is 96.1 cm³/mol. The lowest BCUT2D eigenvalue weighted by molar-refractivity contribution is 0.102. The van der Waals surface area contributed by atoms with E-state index in [2.05, 4.69) is 10.4 Å². The third-order valence-corrected chi connectivity index (χ3v) is 3.90. The van der Waals surface area contributed by atoms with Crippen LogP contribution in [0.25, 0.3) is 11.3 Å². The maximum atomic E-state index is 13.0. The molecule has 3 rings (SSSR count). The lowest BCUT2D eigenvalue weighted by Crippen LogP contribution is -2.12. The summed E-state index contributed by atoms with van der Waals surface area (Å²) in [6.07, 6.45) is 0. The molecule has 6 nitrogen and oxygen atoms in total. The second-order valence-electron chi connectivity index (χ2n) is 5.57. The Morgan fingerprint density at radius 3 is 2.46 bits per heavy atom. The van der Waals surface area contributed by atoms with Crippen LogP contribution in [0.1, 0.15) is 10.5 Å². The van der Waals surface area contributed by atoms with Crippen molar-refractivity contribution < 1.29 is 18.7 Å². The number of carbonyl (C=O) groups is 1. The molecule has 2 aromatic carbocycles. The number of nitrogens with zero attached hydrogens (tertiary/aromatic N) is 2. The average molecular weight is 355 g/mol. The Morgan fingerprint density at radius 1 is 1.08 bits per heavy atom. The molecule has 0 spiro atoms. The first-order chi connectivity index (χ1) is 12.5. The molecule has 134 valence electrons. The molecule has 1 N–H and O–H groups in total. The van der Waals surface area contributed by atoms with Crippen molar-refractivity contribution in [3.05, 3.63) is 60.0 Å². The van der Waals surface area contributed by atoms with Crippen LogP contribution in [0.15, 0.2) is 48.5 Å². The molecular formula is C19H18FN3O3. The monoisotopic (exact) mass is 355 g/mol. The summed E-state index contributed by atoms with van der Waals surface area (Å²) in [7, 11) is 4.89. The fraction of sp³-hybridized carbons (Fsp3) is 0.158. The Balaban J connectivity index is 1.92. The van der Waals surface area contributed by atoms with Crippen LogP contribution >= 0.6 is 0 Å². The molecule has 0 aliphatic rings. The third-order valence-electron chi connectivity index (χ3n) is 3.90. The summed E-state index contributed by atoms with van der Waals surface area (Å²) in [5.74, 6) is 0.548. The largest absolute Gasteiger partial charge is 0.497 e. The molecule has 0 aliphatic carbocycles. The normalized spacial score (nSPS) is 10.5. The quantitative estimate of drug-likeness (QED) is 0.761. The van der Waals surface area contributed by atoms with E-state index in [4.69, 9.17) is 9.47 Å². The molecule has 1 amide bonds. The first-order valence-corrected chi connectivity index (χ1v) is 7.85. The fourth-order valence-electron chi connectivity index (χ4n) is 2.57. The molecule has 1 heterocycles. The van der Waals surface area contributed by atoms with Gasteiger partial charge in [-0.05, 0) is 48.5 Å². The number of aryl methyl sites for hydroxylation is 1. The van der Waals surface area contributed by atoms with Crippen LogP contribution in [0, 0.1) is 5.82 Å². The molecule has 0 radical (unpaired) electrons. The van der Waals surface area contributed by atoms with Gasteiger partial charge in [0.05, 0.1) is 19.9 Å². The zero-order valence-electron chi connectivity index (χ0n) is 14.6. The Kier molecular flexibility index (Phi) is 4.88. The van der Waals surface area contributed by atoms with Crippen molar-refractivity contribution in [2.75, 3.05) is 19.5 Å². The van der Waals surface area contributed by atoms with Gasteiger partial charge in [-0.1, -0.05) is 0 Å². The summed E-state index contributed by atoms with van der Waals surface area (Å²) in [5, 5.41) is 6.96. The number of rotatable bonds is 5. The van der Waals surface area contributed by atoms with Gasteiger partial charge in [-0.15, -0.1) is 0 Å². The van der Waals surface area contributed by atoms with E-state index in [-0.39, 0.29) is 17.4 Å². The molecule has 3 aromatic rings. The predicted octanol–water partition coefficient (Wildman–Crippen LogP) is 3.50. The van der Waals surface area contributed by atoms with Crippen molar-refractivity contribution in [3.63, 3.8) is 0 Å². The van der Waals surface area contributed by atoms with Crippen molar-refractivity contribution in [2.45, 2.75) is 0 Å². The van der Waals surface area contributed by atoms with E-state index in [9.17, 15) is 9.18 Å². The van der Waals surface area contributed by atoms with Crippen molar-refractivity contribution >= 4 is 11.6 Å². The first kappa shape index (κ1) is 17.5. The van der Waals surface area contributed by atoms with E-state index in [1.54, 1.807) is 44.1 Å². The van der Waals surface area contributed by atoms with Crippen LogP contribution in [0.5, 0.6) is 11.5 Å². The maximum Gasteiger partial charge on any atom is 0.276 e. The lowest BCUT2D eigenvalue weighted by Gasteiger charge is -2.10. The molecule has 0 bridgehead atoms. The Bertz CT molecular complexity index is 936. The van der Waals surface area contributed by atoms with Gasteiger partial charge in [0.25, 0.3) is 5.91 Å². The van der Waals surface area contributed by atoms with Crippen molar-refractivity contribution in [2.24, 2.45) is 7.05 Å². The molecule has 0 aliphatic heterocycles. The molecule has 0 unspecified atom stereocenters. The van der Waals surface area contributed by atoms with Crippen molar-refractivity contribution in [1.29, 1.82) is 0 Å². The van der Waals surface area contributed by atoms with Crippen LogP contribution in [-0.2, 0) is 7.05 Å². The molecule has 0 fully saturated rings. The zero-order chi connectivity index (χ0) is 18.7. The second kappa shape index (κ2) is 7.26. The fourth-order valence-corrected chi connectivity index (χ4v) is 2.57. The number of aromatic nitrogens is 2. The van der Waals surface area contributed by atoms with Gasteiger partial charge in [-0.3, -0.25) is 9.48 Å². The van der Waals surface area contributed by atoms with Gasteiger partial charge < -0.3 is 14.8 Å². The summed E-state index contributed by atoms with van der Waals surface area (Å²) in [4.78, 5) is 12.4. The minimum absolute atomic E-state index is 0.233. The van der Waals surface area contributed by atoms with Gasteiger partial charge >= 0.3 is 0 Å². The summed E-state index contributed by atoms with van der Waals surface area (Å²) in [5.41, 5.74) is 2.17. The highest BCUT2D eigenvalue weighted by atomic mass is 19.1. The van der Waals surface area contributed by atoms with E-state index >= 15 is 0 Å².